The Balaban J connectivity index is 2.35. The van der Waals surface area contributed by atoms with Gasteiger partial charge in [0, 0.05) is 12.1 Å². The van der Waals surface area contributed by atoms with Crippen molar-refractivity contribution in [1.29, 1.82) is 0 Å². The zero-order valence-electron chi connectivity index (χ0n) is 14.1. The van der Waals surface area contributed by atoms with Gasteiger partial charge in [-0.05, 0) is 37.5 Å². The van der Waals surface area contributed by atoms with Crippen LogP contribution in [0.5, 0.6) is 0 Å². The first-order valence-corrected chi connectivity index (χ1v) is 8.71. The van der Waals surface area contributed by atoms with Crippen LogP contribution in [0.1, 0.15) is 92.4 Å². The molecule has 114 valence electrons. The standard InChI is InChI=1S/C18H37N/c1-6-7-8-9-12-15(2)19-17-14-11-10-13-16(17)18(3,4)5/h15-17,19H,6-14H2,1-5H3. The lowest BCUT2D eigenvalue weighted by Gasteiger charge is -2.42. The lowest BCUT2D eigenvalue weighted by Crippen LogP contribution is -2.47. The molecule has 1 rings (SSSR count). The topological polar surface area (TPSA) is 12.0 Å². The molecule has 0 radical (unpaired) electrons. The van der Waals surface area contributed by atoms with Gasteiger partial charge in [-0.3, -0.25) is 0 Å². The molecule has 1 N–H and O–H groups in total. The minimum absolute atomic E-state index is 0.458. The molecule has 0 aromatic carbocycles. The van der Waals surface area contributed by atoms with E-state index in [9.17, 15) is 0 Å². The van der Waals surface area contributed by atoms with Gasteiger partial charge < -0.3 is 5.32 Å². The van der Waals surface area contributed by atoms with E-state index in [0.717, 1.165) is 12.0 Å². The predicted molar refractivity (Wildman–Crippen MR) is 86.6 cm³/mol. The van der Waals surface area contributed by atoms with Crippen LogP contribution >= 0.6 is 0 Å². The molecule has 19 heavy (non-hydrogen) atoms. The Morgan fingerprint density at radius 2 is 1.74 bits per heavy atom. The molecule has 3 atom stereocenters. The molecule has 0 saturated heterocycles. The molecular formula is C18H37N. The quantitative estimate of drug-likeness (QED) is 0.597. The smallest absolute Gasteiger partial charge is 0.0103 e. The number of nitrogens with one attached hydrogen (secondary N) is 1. The highest BCUT2D eigenvalue weighted by Gasteiger charge is 2.34. The van der Waals surface area contributed by atoms with Crippen molar-refractivity contribution in [2.75, 3.05) is 0 Å². The largest absolute Gasteiger partial charge is 0.311 e. The van der Waals surface area contributed by atoms with Crippen molar-refractivity contribution in [3.8, 4) is 0 Å². The van der Waals surface area contributed by atoms with E-state index in [1.807, 2.05) is 0 Å². The third-order valence-corrected chi connectivity index (χ3v) is 4.87. The average Bonchev–Trinajstić information content (AvgIpc) is 2.34. The van der Waals surface area contributed by atoms with Crippen LogP contribution in [-0.4, -0.2) is 12.1 Å². The van der Waals surface area contributed by atoms with Crippen LogP contribution < -0.4 is 5.32 Å². The van der Waals surface area contributed by atoms with Crippen molar-refractivity contribution < 1.29 is 0 Å². The van der Waals surface area contributed by atoms with Crippen LogP contribution in [-0.2, 0) is 0 Å². The van der Waals surface area contributed by atoms with E-state index in [4.69, 9.17) is 0 Å². The summed E-state index contributed by atoms with van der Waals surface area (Å²) in [6.07, 6.45) is 12.6. The van der Waals surface area contributed by atoms with E-state index < -0.39 is 0 Å². The molecule has 1 nitrogen and oxygen atoms in total. The van der Waals surface area contributed by atoms with Crippen LogP contribution in [0, 0.1) is 11.3 Å². The number of unbranched alkanes of at least 4 members (excludes halogenated alkanes) is 3. The summed E-state index contributed by atoms with van der Waals surface area (Å²) in [5.41, 5.74) is 0.458. The van der Waals surface area contributed by atoms with Gasteiger partial charge in [0.25, 0.3) is 0 Å². The second kappa shape index (κ2) is 8.29. The maximum absolute atomic E-state index is 3.95. The van der Waals surface area contributed by atoms with Gasteiger partial charge in [0.2, 0.25) is 0 Å². The summed E-state index contributed by atoms with van der Waals surface area (Å²) in [5.74, 6) is 0.861. The van der Waals surface area contributed by atoms with Crippen LogP contribution in [0.2, 0.25) is 0 Å². The monoisotopic (exact) mass is 267 g/mol. The first-order chi connectivity index (χ1) is 8.95. The summed E-state index contributed by atoms with van der Waals surface area (Å²) in [6.45, 7) is 11.9. The van der Waals surface area contributed by atoms with Gasteiger partial charge in [0.15, 0.2) is 0 Å². The third kappa shape index (κ3) is 6.29. The molecule has 0 aromatic heterocycles. The lowest BCUT2D eigenvalue weighted by molar-refractivity contribution is 0.123. The summed E-state index contributed by atoms with van der Waals surface area (Å²) in [6, 6.07) is 1.46. The van der Waals surface area contributed by atoms with Gasteiger partial charge in [0.05, 0.1) is 0 Å². The van der Waals surface area contributed by atoms with Crippen molar-refractivity contribution in [2.24, 2.45) is 11.3 Å². The van der Waals surface area contributed by atoms with E-state index in [0.29, 0.717) is 11.5 Å². The van der Waals surface area contributed by atoms with E-state index in [1.165, 1.54) is 57.8 Å². The van der Waals surface area contributed by atoms with Gasteiger partial charge in [0.1, 0.15) is 0 Å². The fraction of sp³-hybridized carbons (Fsp3) is 1.00. The molecule has 0 heterocycles. The Morgan fingerprint density at radius 3 is 2.37 bits per heavy atom. The van der Waals surface area contributed by atoms with E-state index in [2.05, 4.69) is 39.9 Å². The van der Waals surface area contributed by atoms with E-state index >= 15 is 0 Å². The summed E-state index contributed by atoms with van der Waals surface area (Å²) in [5, 5.41) is 3.95. The SMILES string of the molecule is CCCCCCC(C)NC1CCCCC1C(C)(C)C. The van der Waals surface area contributed by atoms with Gasteiger partial charge >= 0.3 is 0 Å². The first kappa shape index (κ1) is 17.0. The summed E-state index contributed by atoms with van der Waals surface area (Å²) in [7, 11) is 0. The second-order valence-electron chi connectivity index (χ2n) is 7.78. The molecular weight excluding hydrogens is 230 g/mol. The Morgan fingerprint density at radius 1 is 1.05 bits per heavy atom. The summed E-state index contributed by atoms with van der Waals surface area (Å²) in [4.78, 5) is 0. The highest BCUT2D eigenvalue weighted by Crippen LogP contribution is 2.38. The van der Waals surface area contributed by atoms with Crippen molar-refractivity contribution in [3.63, 3.8) is 0 Å². The minimum Gasteiger partial charge on any atom is -0.311 e. The van der Waals surface area contributed by atoms with Gasteiger partial charge in [-0.1, -0.05) is 66.2 Å². The summed E-state index contributed by atoms with van der Waals surface area (Å²) >= 11 is 0. The molecule has 0 bridgehead atoms. The molecule has 1 saturated carbocycles. The predicted octanol–water partition coefficient (Wildman–Crippen LogP) is 5.54. The van der Waals surface area contributed by atoms with Gasteiger partial charge in [-0.15, -0.1) is 0 Å². The fourth-order valence-corrected chi connectivity index (χ4v) is 3.69. The highest BCUT2D eigenvalue weighted by molar-refractivity contribution is 4.89. The van der Waals surface area contributed by atoms with Crippen LogP contribution in [0.3, 0.4) is 0 Å². The number of rotatable bonds is 7. The molecule has 1 aliphatic carbocycles. The second-order valence-corrected chi connectivity index (χ2v) is 7.78. The summed E-state index contributed by atoms with van der Waals surface area (Å²) < 4.78 is 0. The lowest BCUT2D eigenvalue weighted by atomic mass is 9.69. The molecule has 1 fully saturated rings. The van der Waals surface area contributed by atoms with E-state index in [1.54, 1.807) is 0 Å². The van der Waals surface area contributed by atoms with Crippen LogP contribution in [0.4, 0.5) is 0 Å². The van der Waals surface area contributed by atoms with Crippen molar-refractivity contribution >= 4 is 0 Å². The molecule has 0 amide bonds. The maximum Gasteiger partial charge on any atom is 0.0103 e. The Bertz CT molecular complexity index is 228. The molecule has 0 aromatic rings. The molecule has 1 heteroatoms. The van der Waals surface area contributed by atoms with Crippen molar-refractivity contribution in [3.05, 3.63) is 0 Å². The Hall–Kier alpha value is -0.0400. The molecule has 0 aliphatic heterocycles. The Kier molecular flexibility index (Phi) is 7.42. The van der Waals surface area contributed by atoms with Crippen LogP contribution in [0.15, 0.2) is 0 Å². The zero-order chi connectivity index (χ0) is 14.3. The average molecular weight is 268 g/mol. The highest BCUT2D eigenvalue weighted by atomic mass is 15.0. The molecule has 0 spiro atoms. The third-order valence-electron chi connectivity index (χ3n) is 4.87. The van der Waals surface area contributed by atoms with Crippen molar-refractivity contribution in [1.82, 2.24) is 5.32 Å². The molecule has 1 aliphatic rings. The Labute approximate surface area is 121 Å². The van der Waals surface area contributed by atoms with E-state index in [-0.39, 0.29) is 0 Å². The molecule has 3 unspecified atom stereocenters. The van der Waals surface area contributed by atoms with Gasteiger partial charge in [-0.2, -0.15) is 0 Å². The van der Waals surface area contributed by atoms with Crippen LogP contribution in [0.25, 0.3) is 0 Å². The maximum atomic E-state index is 3.95. The zero-order valence-corrected chi connectivity index (χ0v) is 14.1. The first-order valence-electron chi connectivity index (χ1n) is 8.71. The van der Waals surface area contributed by atoms with Crippen molar-refractivity contribution in [2.45, 2.75) is 104 Å². The fourth-order valence-electron chi connectivity index (χ4n) is 3.69. The normalized spacial score (nSPS) is 26.4. The minimum atomic E-state index is 0.458. The number of hydrogen-bond acceptors (Lipinski definition) is 1. The van der Waals surface area contributed by atoms with Gasteiger partial charge in [-0.25, -0.2) is 0 Å². The number of hydrogen-bond donors (Lipinski definition) is 1.